The highest BCUT2D eigenvalue weighted by atomic mass is 79.9. The summed E-state index contributed by atoms with van der Waals surface area (Å²) in [5.41, 5.74) is 1.61. The van der Waals surface area contributed by atoms with Gasteiger partial charge in [0.05, 0.1) is 24.3 Å². The lowest BCUT2D eigenvalue weighted by Gasteiger charge is -2.11. The number of pyridine rings is 1. The molecule has 0 atom stereocenters. The molecule has 6 heteroatoms. The largest absolute Gasteiger partial charge is 0.496 e. The predicted molar refractivity (Wildman–Crippen MR) is 79.2 cm³/mol. The molecule has 0 unspecified atom stereocenters. The second-order valence-corrected chi connectivity index (χ2v) is 4.99. The number of nitrogens with zero attached hydrogens (tertiary/aromatic N) is 3. The van der Waals surface area contributed by atoms with Crippen molar-refractivity contribution in [3.8, 4) is 22.9 Å². The smallest absolute Gasteiger partial charge is 0.172 e. The summed E-state index contributed by atoms with van der Waals surface area (Å²) in [4.78, 5) is 0. The Labute approximate surface area is 124 Å². The van der Waals surface area contributed by atoms with Crippen molar-refractivity contribution in [3.63, 3.8) is 0 Å². The molecule has 0 aliphatic heterocycles. The molecular weight excluding hydrogens is 322 g/mol. The Morgan fingerprint density at radius 1 is 1.05 bits per heavy atom. The third-order valence-corrected chi connectivity index (χ3v) is 3.65. The van der Waals surface area contributed by atoms with E-state index >= 15 is 0 Å². The van der Waals surface area contributed by atoms with Crippen LogP contribution in [0.1, 0.15) is 0 Å². The lowest BCUT2D eigenvalue weighted by molar-refractivity contribution is 0.402. The van der Waals surface area contributed by atoms with E-state index in [1.54, 1.807) is 14.2 Å². The van der Waals surface area contributed by atoms with Crippen LogP contribution in [0.15, 0.2) is 41.0 Å². The van der Waals surface area contributed by atoms with Gasteiger partial charge in [-0.15, -0.1) is 10.2 Å². The maximum Gasteiger partial charge on any atom is 0.172 e. The highest BCUT2D eigenvalue weighted by Gasteiger charge is 2.16. The van der Waals surface area contributed by atoms with Gasteiger partial charge >= 0.3 is 0 Å². The minimum absolute atomic E-state index is 0.704. The quantitative estimate of drug-likeness (QED) is 0.738. The normalized spacial score (nSPS) is 10.8. The predicted octanol–water partition coefficient (Wildman–Crippen LogP) is 3.18. The number of halogens is 1. The second-order valence-electron chi connectivity index (χ2n) is 4.14. The zero-order valence-electron chi connectivity index (χ0n) is 11.0. The summed E-state index contributed by atoms with van der Waals surface area (Å²) in [7, 11) is 3.25. The first-order valence-corrected chi connectivity index (χ1v) is 6.75. The van der Waals surface area contributed by atoms with E-state index < -0.39 is 0 Å². The Morgan fingerprint density at radius 2 is 1.85 bits per heavy atom. The van der Waals surface area contributed by atoms with Gasteiger partial charge in [-0.3, -0.25) is 4.40 Å². The lowest BCUT2D eigenvalue weighted by Crippen LogP contribution is -1.95. The second kappa shape index (κ2) is 5.13. The molecule has 2 aromatic heterocycles. The van der Waals surface area contributed by atoms with Gasteiger partial charge in [0.15, 0.2) is 11.5 Å². The van der Waals surface area contributed by atoms with Crippen LogP contribution in [-0.2, 0) is 0 Å². The fourth-order valence-corrected chi connectivity index (χ4v) is 2.54. The molecule has 1 aromatic carbocycles. The lowest BCUT2D eigenvalue weighted by atomic mass is 10.1. The van der Waals surface area contributed by atoms with Crippen molar-refractivity contribution < 1.29 is 9.47 Å². The highest BCUT2D eigenvalue weighted by molar-refractivity contribution is 9.10. The van der Waals surface area contributed by atoms with Gasteiger partial charge in [0.2, 0.25) is 0 Å². The summed E-state index contributed by atoms with van der Waals surface area (Å²) in [5.74, 6) is 2.13. The molecule has 20 heavy (non-hydrogen) atoms. The number of hydrogen-bond acceptors (Lipinski definition) is 4. The van der Waals surface area contributed by atoms with Crippen LogP contribution in [0.2, 0.25) is 0 Å². The number of aromatic nitrogens is 3. The fourth-order valence-electron chi connectivity index (χ4n) is 2.06. The van der Waals surface area contributed by atoms with Crippen LogP contribution in [0.5, 0.6) is 11.5 Å². The van der Waals surface area contributed by atoms with Crippen molar-refractivity contribution in [3.05, 3.63) is 41.0 Å². The molecule has 5 nitrogen and oxygen atoms in total. The molecule has 0 bridgehead atoms. The summed E-state index contributed by atoms with van der Waals surface area (Å²) in [6.07, 6.45) is 1.92. The third-order valence-electron chi connectivity index (χ3n) is 3.03. The number of benzene rings is 1. The maximum atomic E-state index is 5.43. The third kappa shape index (κ3) is 2.02. The van der Waals surface area contributed by atoms with Crippen molar-refractivity contribution >= 4 is 21.6 Å². The van der Waals surface area contributed by atoms with Crippen molar-refractivity contribution in [2.24, 2.45) is 0 Å². The number of hydrogen-bond donors (Lipinski definition) is 0. The topological polar surface area (TPSA) is 48.7 Å². The van der Waals surface area contributed by atoms with Gasteiger partial charge in [0.25, 0.3) is 0 Å². The van der Waals surface area contributed by atoms with E-state index in [-0.39, 0.29) is 0 Å². The average Bonchev–Trinajstić information content (AvgIpc) is 2.91. The van der Waals surface area contributed by atoms with Gasteiger partial charge in [-0.25, -0.2) is 0 Å². The van der Waals surface area contributed by atoms with Crippen LogP contribution < -0.4 is 9.47 Å². The molecule has 0 saturated heterocycles. The highest BCUT2D eigenvalue weighted by Crippen LogP contribution is 2.37. The van der Waals surface area contributed by atoms with Gasteiger partial charge in [-0.1, -0.05) is 6.07 Å². The molecule has 3 aromatic rings. The van der Waals surface area contributed by atoms with Crippen LogP contribution >= 0.6 is 15.9 Å². The Morgan fingerprint density at radius 3 is 2.60 bits per heavy atom. The zero-order chi connectivity index (χ0) is 14.1. The van der Waals surface area contributed by atoms with Gasteiger partial charge < -0.3 is 9.47 Å². The van der Waals surface area contributed by atoms with Crippen molar-refractivity contribution in [1.29, 1.82) is 0 Å². The van der Waals surface area contributed by atoms with Crippen LogP contribution in [0.25, 0.3) is 17.0 Å². The SMILES string of the molecule is COc1cc(-c2nnc3ccccn23)c(OC)cc1Br. The molecule has 0 amide bonds. The summed E-state index contributed by atoms with van der Waals surface area (Å²) in [6.45, 7) is 0. The van der Waals surface area contributed by atoms with Crippen LogP contribution in [0.3, 0.4) is 0 Å². The number of methoxy groups -OCH3 is 2. The molecule has 0 radical (unpaired) electrons. The molecule has 102 valence electrons. The molecule has 0 N–H and O–H groups in total. The molecule has 2 heterocycles. The van der Waals surface area contributed by atoms with Crippen LogP contribution in [0.4, 0.5) is 0 Å². The number of rotatable bonds is 3. The Balaban J connectivity index is 2.27. The standard InChI is InChI=1S/C14H12BrN3O2/c1-19-11-8-10(15)12(20-2)7-9(11)14-17-16-13-5-3-4-6-18(13)14/h3-8H,1-2H3. The van der Waals surface area contributed by atoms with Gasteiger partial charge in [0, 0.05) is 6.20 Å². The molecule has 0 spiro atoms. The van der Waals surface area contributed by atoms with E-state index in [9.17, 15) is 0 Å². The zero-order valence-corrected chi connectivity index (χ0v) is 12.6. The van der Waals surface area contributed by atoms with E-state index in [1.807, 2.05) is 40.9 Å². The monoisotopic (exact) mass is 333 g/mol. The first-order chi connectivity index (χ1) is 9.74. The van der Waals surface area contributed by atoms with E-state index in [1.165, 1.54) is 0 Å². The van der Waals surface area contributed by atoms with Crippen molar-refractivity contribution in [2.75, 3.05) is 14.2 Å². The number of ether oxygens (including phenoxy) is 2. The van der Waals surface area contributed by atoms with E-state index in [0.717, 1.165) is 15.7 Å². The average molecular weight is 334 g/mol. The van der Waals surface area contributed by atoms with Crippen molar-refractivity contribution in [2.45, 2.75) is 0 Å². The summed E-state index contributed by atoms with van der Waals surface area (Å²) in [5, 5.41) is 8.39. The van der Waals surface area contributed by atoms with E-state index in [2.05, 4.69) is 26.1 Å². The Hall–Kier alpha value is -2.08. The van der Waals surface area contributed by atoms with E-state index in [0.29, 0.717) is 17.3 Å². The summed E-state index contributed by atoms with van der Waals surface area (Å²) >= 11 is 3.45. The first-order valence-electron chi connectivity index (χ1n) is 5.96. The summed E-state index contributed by atoms with van der Waals surface area (Å²) < 4.78 is 13.5. The van der Waals surface area contributed by atoms with Gasteiger partial charge in [-0.2, -0.15) is 0 Å². The molecule has 0 fully saturated rings. The Bertz CT molecular complexity index is 770. The first kappa shape index (κ1) is 12.9. The molecular formula is C14H12BrN3O2. The van der Waals surface area contributed by atoms with Crippen LogP contribution in [-0.4, -0.2) is 28.8 Å². The molecule has 0 saturated carbocycles. The molecule has 0 aliphatic rings. The van der Waals surface area contributed by atoms with Gasteiger partial charge in [-0.05, 0) is 40.2 Å². The minimum atomic E-state index is 0.704. The van der Waals surface area contributed by atoms with Crippen LogP contribution in [0, 0.1) is 0 Å². The summed E-state index contributed by atoms with van der Waals surface area (Å²) in [6, 6.07) is 9.50. The van der Waals surface area contributed by atoms with Gasteiger partial charge in [0.1, 0.15) is 11.5 Å². The Kier molecular flexibility index (Phi) is 3.31. The minimum Gasteiger partial charge on any atom is -0.496 e. The molecule has 3 rings (SSSR count). The van der Waals surface area contributed by atoms with E-state index in [4.69, 9.17) is 9.47 Å². The van der Waals surface area contributed by atoms with Crippen molar-refractivity contribution in [1.82, 2.24) is 14.6 Å². The molecule has 0 aliphatic carbocycles. The maximum absolute atomic E-state index is 5.43. The number of fused-ring (bicyclic) bond motifs is 1. The fraction of sp³-hybridized carbons (Fsp3) is 0.143.